The molecule has 0 radical (unpaired) electrons. The molecule has 0 aromatic heterocycles. The Labute approximate surface area is 117 Å². The lowest BCUT2D eigenvalue weighted by molar-refractivity contribution is 0.451. The molecule has 100 valence electrons. The monoisotopic (exact) mass is 275 g/mol. The second-order valence-electron chi connectivity index (χ2n) is 4.34. The molecule has 0 aliphatic rings. The molecule has 0 bridgehead atoms. The molecule has 3 nitrogen and oxygen atoms in total. The number of benzene rings is 2. The zero-order valence-corrected chi connectivity index (χ0v) is 11.7. The quantitative estimate of drug-likeness (QED) is 0.583. The van der Waals surface area contributed by atoms with Gasteiger partial charge in [-0.05, 0) is 55.6 Å². The Kier molecular flexibility index (Phi) is 4.22. The third-order valence-electron chi connectivity index (χ3n) is 2.95. The van der Waals surface area contributed by atoms with Gasteiger partial charge >= 0.3 is 0 Å². The van der Waals surface area contributed by atoms with Gasteiger partial charge in [0.1, 0.15) is 11.5 Å². The van der Waals surface area contributed by atoms with Crippen LogP contribution in [0.3, 0.4) is 0 Å². The normalized spacial score (nSPS) is 12.1. The van der Waals surface area contributed by atoms with Crippen LogP contribution >= 0.6 is 11.8 Å². The summed E-state index contributed by atoms with van der Waals surface area (Å²) in [5.74, 6) is 0.331. The van der Waals surface area contributed by atoms with Gasteiger partial charge in [-0.1, -0.05) is 0 Å². The molecule has 0 aliphatic heterocycles. The van der Waals surface area contributed by atoms with E-state index in [0.29, 0.717) is 5.56 Å². The maximum absolute atomic E-state index is 9.81. The maximum atomic E-state index is 9.81. The predicted molar refractivity (Wildman–Crippen MR) is 80.0 cm³/mol. The molecule has 0 aliphatic carbocycles. The summed E-state index contributed by atoms with van der Waals surface area (Å²) in [4.78, 5) is 1.21. The highest BCUT2D eigenvalue weighted by Crippen LogP contribution is 2.30. The largest absolute Gasteiger partial charge is 0.508 e. The van der Waals surface area contributed by atoms with Crippen LogP contribution in [0.25, 0.3) is 0 Å². The van der Waals surface area contributed by atoms with Gasteiger partial charge in [-0.3, -0.25) is 0 Å². The maximum Gasteiger partial charge on any atom is 0.121 e. The number of aromatic hydroxyl groups is 2. The second-order valence-corrected chi connectivity index (χ2v) is 5.22. The number of phenols is 2. The van der Waals surface area contributed by atoms with E-state index in [1.807, 2.05) is 37.4 Å². The van der Waals surface area contributed by atoms with Gasteiger partial charge in [0.05, 0.1) is 6.04 Å². The Morgan fingerprint density at radius 3 is 2.37 bits per heavy atom. The van der Waals surface area contributed by atoms with Crippen molar-refractivity contribution in [1.29, 1.82) is 0 Å². The molecule has 0 saturated carbocycles. The topological polar surface area (TPSA) is 52.5 Å². The van der Waals surface area contributed by atoms with E-state index >= 15 is 0 Å². The van der Waals surface area contributed by atoms with E-state index in [1.165, 1.54) is 17.0 Å². The van der Waals surface area contributed by atoms with Gasteiger partial charge in [0, 0.05) is 16.1 Å². The smallest absolute Gasteiger partial charge is 0.121 e. The van der Waals surface area contributed by atoms with E-state index in [1.54, 1.807) is 17.8 Å². The Bertz CT molecular complexity index is 555. The summed E-state index contributed by atoms with van der Waals surface area (Å²) in [5.41, 5.74) is 1.65. The average Bonchev–Trinajstić information content (AvgIpc) is 2.42. The van der Waals surface area contributed by atoms with E-state index in [-0.39, 0.29) is 17.5 Å². The zero-order valence-electron chi connectivity index (χ0n) is 10.9. The van der Waals surface area contributed by atoms with Gasteiger partial charge in [0.2, 0.25) is 0 Å². The fourth-order valence-corrected chi connectivity index (χ4v) is 2.31. The molecule has 3 N–H and O–H groups in total. The Morgan fingerprint density at radius 2 is 1.74 bits per heavy atom. The molecular formula is C15H17NO2S. The van der Waals surface area contributed by atoms with Gasteiger partial charge in [0.15, 0.2) is 0 Å². The molecule has 1 atom stereocenters. The van der Waals surface area contributed by atoms with Crippen molar-refractivity contribution in [3.63, 3.8) is 0 Å². The molecule has 2 aromatic carbocycles. The van der Waals surface area contributed by atoms with Crippen molar-refractivity contribution in [2.24, 2.45) is 0 Å². The summed E-state index contributed by atoms with van der Waals surface area (Å²) in [6.07, 6.45) is 2.04. The van der Waals surface area contributed by atoms with Crippen LogP contribution in [0.4, 0.5) is 5.69 Å². The van der Waals surface area contributed by atoms with Crippen LogP contribution in [-0.2, 0) is 0 Å². The van der Waals surface area contributed by atoms with Gasteiger partial charge in [-0.2, -0.15) is 0 Å². The van der Waals surface area contributed by atoms with Crippen LogP contribution in [0.15, 0.2) is 47.4 Å². The first-order chi connectivity index (χ1) is 9.10. The molecule has 0 fully saturated rings. The van der Waals surface area contributed by atoms with Crippen LogP contribution in [0.1, 0.15) is 18.5 Å². The van der Waals surface area contributed by atoms with Crippen LogP contribution in [0.2, 0.25) is 0 Å². The third kappa shape index (κ3) is 3.35. The van der Waals surface area contributed by atoms with Crippen molar-refractivity contribution in [3.05, 3.63) is 48.0 Å². The molecule has 19 heavy (non-hydrogen) atoms. The van der Waals surface area contributed by atoms with Gasteiger partial charge < -0.3 is 15.5 Å². The lowest BCUT2D eigenvalue weighted by Gasteiger charge is -2.17. The van der Waals surface area contributed by atoms with Crippen LogP contribution in [0.5, 0.6) is 11.5 Å². The minimum Gasteiger partial charge on any atom is -0.508 e. The Hall–Kier alpha value is -1.81. The van der Waals surface area contributed by atoms with Crippen molar-refractivity contribution < 1.29 is 10.2 Å². The first kappa shape index (κ1) is 13.6. The molecule has 0 saturated heterocycles. The summed E-state index contributed by atoms with van der Waals surface area (Å²) < 4.78 is 0. The number of nitrogens with one attached hydrogen (secondary N) is 1. The van der Waals surface area contributed by atoms with Crippen LogP contribution in [-0.4, -0.2) is 16.5 Å². The van der Waals surface area contributed by atoms with Crippen molar-refractivity contribution in [1.82, 2.24) is 0 Å². The lowest BCUT2D eigenvalue weighted by Crippen LogP contribution is -2.06. The summed E-state index contributed by atoms with van der Waals surface area (Å²) in [7, 11) is 0. The number of hydrogen-bond acceptors (Lipinski definition) is 4. The van der Waals surface area contributed by atoms with E-state index in [9.17, 15) is 10.2 Å². The Morgan fingerprint density at radius 1 is 1.05 bits per heavy atom. The predicted octanol–water partition coefficient (Wildman–Crippen LogP) is 3.99. The molecule has 4 heteroatoms. The number of anilines is 1. The highest BCUT2D eigenvalue weighted by atomic mass is 32.2. The molecule has 2 aromatic rings. The molecule has 0 heterocycles. The van der Waals surface area contributed by atoms with Gasteiger partial charge in [-0.15, -0.1) is 11.8 Å². The van der Waals surface area contributed by atoms with E-state index < -0.39 is 0 Å². The van der Waals surface area contributed by atoms with Gasteiger partial charge in [-0.25, -0.2) is 0 Å². The fraction of sp³-hybridized carbons (Fsp3) is 0.200. The van der Waals surface area contributed by atoms with Crippen LogP contribution in [0, 0.1) is 0 Å². The minimum atomic E-state index is -0.0905. The standard InChI is InChI=1S/C15H17NO2S/c1-10(14-9-12(17)5-8-15(14)18)16-11-3-6-13(19-2)7-4-11/h3-10,16-18H,1-2H3. The zero-order chi connectivity index (χ0) is 13.8. The fourth-order valence-electron chi connectivity index (χ4n) is 1.90. The highest BCUT2D eigenvalue weighted by Gasteiger charge is 2.11. The molecule has 0 spiro atoms. The summed E-state index contributed by atoms with van der Waals surface area (Å²) in [5, 5.41) is 22.6. The SMILES string of the molecule is CSc1ccc(NC(C)c2cc(O)ccc2O)cc1. The highest BCUT2D eigenvalue weighted by molar-refractivity contribution is 7.98. The summed E-state index contributed by atoms with van der Waals surface area (Å²) in [6, 6.07) is 12.5. The summed E-state index contributed by atoms with van der Waals surface area (Å²) in [6.45, 7) is 1.94. The number of hydrogen-bond donors (Lipinski definition) is 3. The van der Waals surface area contributed by atoms with Crippen molar-refractivity contribution in [2.75, 3.05) is 11.6 Å². The summed E-state index contributed by atoms with van der Waals surface area (Å²) >= 11 is 1.70. The number of rotatable bonds is 4. The van der Waals surface area contributed by atoms with E-state index in [2.05, 4.69) is 5.32 Å². The van der Waals surface area contributed by atoms with E-state index in [0.717, 1.165) is 5.69 Å². The third-order valence-corrected chi connectivity index (χ3v) is 3.69. The first-order valence-electron chi connectivity index (χ1n) is 6.02. The van der Waals surface area contributed by atoms with Crippen molar-refractivity contribution >= 4 is 17.4 Å². The molecule has 0 amide bonds. The molecule has 2 rings (SSSR count). The second kappa shape index (κ2) is 5.89. The molecule has 1 unspecified atom stereocenters. The van der Waals surface area contributed by atoms with Crippen molar-refractivity contribution in [2.45, 2.75) is 17.9 Å². The number of thioether (sulfide) groups is 1. The Balaban J connectivity index is 2.15. The van der Waals surface area contributed by atoms with Crippen molar-refractivity contribution in [3.8, 4) is 11.5 Å². The van der Waals surface area contributed by atoms with E-state index in [4.69, 9.17) is 0 Å². The van der Waals surface area contributed by atoms with Crippen LogP contribution < -0.4 is 5.32 Å². The first-order valence-corrected chi connectivity index (χ1v) is 7.25. The number of phenolic OH excluding ortho intramolecular Hbond substituents is 2. The average molecular weight is 275 g/mol. The minimum absolute atomic E-state index is 0.0905. The lowest BCUT2D eigenvalue weighted by atomic mass is 10.1. The van der Waals surface area contributed by atoms with Gasteiger partial charge in [0.25, 0.3) is 0 Å². The molecular weight excluding hydrogens is 258 g/mol.